The molecule has 0 aliphatic carbocycles. The van der Waals surface area contributed by atoms with Crippen LogP contribution in [-0.4, -0.2) is 36.7 Å². The summed E-state index contributed by atoms with van der Waals surface area (Å²) < 4.78 is 5.09. The van der Waals surface area contributed by atoms with Crippen LogP contribution in [0.2, 0.25) is 0 Å². The highest BCUT2D eigenvalue weighted by atomic mass is 32.2. The predicted molar refractivity (Wildman–Crippen MR) is 110 cm³/mol. The molecule has 0 radical (unpaired) electrons. The number of carbonyl (C=O) groups is 3. The van der Waals surface area contributed by atoms with Crippen molar-refractivity contribution in [3.05, 3.63) is 54.1 Å². The summed E-state index contributed by atoms with van der Waals surface area (Å²) in [7, 11) is 0. The molecule has 146 valence electrons. The first-order valence-electron chi connectivity index (χ1n) is 9.02. The van der Waals surface area contributed by atoms with Crippen LogP contribution < -0.4 is 10.2 Å². The number of ether oxygens (including phenoxy) is 1. The molecule has 0 bridgehead atoms. The fraction of sp³-hybridized carbons (Fsp3) is 0.286. The van der Waals surface area contributed by atoms with E-state index in [9.17, 15) is 14.4 Å². The number of fused-ring (bicyclic) bond motifs is 1. The van der Waals surface area contributed by atoms with E-state index in [0.29, 0.717) is 11.4 Å². The number of hydrogen-bond acceptors (Lipinski definition) is 5. The SMILES string of the molecule is CC(C)c1ccccc1NC(=O)COC(=O)CN1C(=O)CSc2ccccc21. The molecule has 0 atom stereocenters. The van der Waals surface area contributed by atoms with Crippen LogP contribution in [0.4, 0.5) is 11.4 Å². The molecule has 1 aliphatic heterocycles. The Hall–Kier alpha value is -2.80. The van der Waals surface area contributed by atoms with Crippen LogP contribution in [0.5, 0.6) is 0 Å². The van der Waals surface area contributed by atoms with Crippen molar-refractivity contribution >= 4 is 40.9 Å². The van der Waals surface area contributed by atoms with E-state index in [-0.39, 0.29) is 24.1 Å². The fourth-order valence-electron chi connectivity index (χ4n) is 2.95. The standard InChI is InChI=1S/C21H22N2O4S/c1-14(2)15-7-3-4-8-16(15)22-19(24)12-27-21(26)11-23-17-9-5-6-10-18(17)28-13-20(23)25/h3-10,14H,11-13H2,1-2H3,(H,22,24). The van der Waals surface area contributed by atoms with Crippen molar-refractivity contribution in [3.63, 3.8) is 0 Å². The van der Waals surface area contributed by atoms with E-state index < -0.39 is 18.5 Å². The minimum absolute atomic E-state index is 0.157. The van der Waals surface area contributed by atoms with Gasteiger partial charge in [0.15, 0.2) is 6.61 Å². The Balaban J connectivity index is 1.56. The van der Waals surface area contributed by atoms with Gasteiger partial charge < -0.3 is 10.1 Å². The monoisotopic (exact) mass is 398 g/mol. The molecule has 2 aromatic rings. The molecule has 6 nitrogen and oxygen atoms in total. The zero-order chi connectivity index (χ0) is 20.1. The molecule has 0 aromatic heterocycles. The summed E-state index contributed by atoms with van der Waals surface area (Å²) in [6.07, 6.45) is 0. The number of rotatable bonds is 6. The lowest BCUT2D eigenvalue weighted by Crippen LogP contribution is -2.40. The second kappa shape index (κ2) is 8.93. The molecule has 1 heterocycles. The maximum atomic E-state index is 12.2. The van der Waals surface area contributed by atoms with Gasteiger partial charge in [0.2, 0.25) is 5.91 Å². The van der Waals surface area contributed by atoms with Crippen LogP contribution in [0.15, 0.2) is 53.4 Å². The summed E-state index contributed by atoms with van der Waals surface area (Å²) in [6.45, 7) is 3.46. The van der Waals surface area contributed by atoms with Crippen molar-refractivity contribution in [2.24, 2.45) is 0 Å². The first-order valence-corrected chi connectivity index (χ1v) is 10.0. The first-order chi connectivity index (χ1) is 13.5. The van der Waals surface area contributed by atoms with Crippen LogP contribution in [0.25, 0.3) is 0 Å². The zero-order valence-electron chi connectivity index (χ0n) is 15.8. The Kier molecular flexibility index (Phi) is 6.36. The lowest BCUT2D eigenvalue weighted by molar-refractivity contribution is -0.146. The van der Waals surface area contributed by atoms with Gasteiger partial charge in [0, 0.05) is 10.6 Å². The molecule has 28 heavy (non-hydrogen) atoms. The van der Waals surface area contributed by atoms with Crippen LogP contribution in [0, 0.1) is 0 Å². The number of esters is 1. The van der Waals surface area contributed by atoms with E-state index in [0.717, 1.165) is 10.5 Å². The molecule has 0 unspecified atom stereocenters. The summed E-state index contributed by atoms with van der Waals surface area (Å²) in [5.74, 6) is -0.667. The quantitative estimate of drug-likeness (QED) is 0.755. The van der Waals surface area contributed by atoms with E-state index in [4.69, 9.17) is 4.74 Å². The van der Waals surface area contributed by atoms with Gasteiger partial charge in [-0.3, -0.25) is 19.3 Å². The van der Waals surface area contributed by atoms with Gasteiger partial charge >= 0.3 is 5.97 Å². The summed E-state index contributed by atoms with van der Waals surface area (Å²) in [4.78, 5) is 38.9. The number of thioether (sulfide) groups is 1. The van der Waals surface area contributed by atoms with Crippen molar-refractivity contribution in [1.29, 1.82) is 0 Å². The van der Waals surface area contributed by atoms with Crippen LogP contribution in [0.1, 0.15) is 25.3 Å². The Morgan fingerprint density at radius 2 is 1.86 bits per heavy atom. The lowest BCUT2D eigenvalue weighted by Gasteiger charge is -2.27. The average Bonchev–Trinajstić information content (AvgIpc) is 2.69. The second-order valence-corrected chi connectivity index (χ2v) is 7.70. The number of nitrogens with one attached hydrogen (secondary N) is 1. The van der Waals surface area contributed by atoms with Crippen molar-refractivity contribution in [2.45, 2.75) is 24.7 Å². The van der Waals surface area contributed by atoms with E-state index in [1.165, 1.54) is 16.7 Å². The topological polar surface area (TPSA) is 75.7 Å². The third-order valence-electron chi connectivity index (χ3n) is 4.32. The van der Waals surface area contributed by atoms with Crippen LogP contribution in [0.3, 0.4) is 0 Å². The first kappa shape index (κ1) is 19.9. The number of benzene rings is 2. The summed E-state index contributed by atoms with van der Waals surface area (Å²) in [5, 5.41) is 2.78. The third kappa shape index (κ3) is 4.72. The maximum absolute atomic E-state index is 12.2. The van der Waals surface area contributed by atoms with Gasteiger partial charge in [0.05, 0.1) is 11.4 Å². The van der Waals surface area contributed by atoms with E-state index >= 15 is 0 Å². The average molecular weight is 398 g/mol. The van der Waals surface area contributed by atoms with Gasteiger partial charge in [0.25, 0.3) is 5.91 Å². The molecule has 1 N–H and O–H groups in total. The minimum atomic E-state index is -0.623. The van der Waals surface area contributed by atoms with Gasteiger partial charge in [-0.25, -0.2) is 0 Å². The Labute approximate surface area is 168 Å². The van der Waals surface area contributed by atoms with E-state index in [2.05, 4.69) is 5.32 Å². The van der Waals surface area contributed by atoms with Gasteiger partial charge in [-0.15, -0.1) is 11.8 Å². The highest BCUT2D eigenvalue weighted by Crippen LogP contribution is 2.34. The molecule has 0 spiro atoms. The van der Waals surface area contributed by atoms with Crippen molar-refractivity contribution < 1.29 is 19.1 Å². The van der Waals surface area contributed by atoms with Crippen LogP contribution in [-0.2, 0) is 19.1 Å². The molecule has 2 aromatic carbocycles. The largest absolute Gasteiger partial charge is 0.454 e. The summed E-state index contributed by atoms with van der Waals surface area (Å²) >= 11 is 1.44. The lowest BCUT2D eigenvalue weighted by atomic mass is 10.0. The fourth-order valence-corrected chi connectivity index (χ4v) is 3.88. The van der Waals surface area contributed by atoms with Crippen molar-refractivity contribution in [1.82, 2.24) is 0 Å². The highest BCUT2D eigenvalue weighted by molar-refractivity contribution is 8.00. The van der Waals surface area contributed by atoms with Gasteiger partial charge in [-0.05, 0) is 29.7 Å². The Morgan fingerprint density at radius 1 is 1.14 bits per heavy atom. The number of carbonyl (C=O) groups excluding carboxylic acids is 3. The predicted octanol–water partition coefficient (Wildman–Crippen LogP) is 3.43. The maximum Gasteiger partial charge on any atom is 0.326 e. The van der Waals surface area contributed by atoms with Gasteiger partial charge in [0.1, 0.15) is 6.54 Å². The number of anilines is 2. The molecule has 0 fully saturated rings. The molecule has 7 heteroatoms. The molecule has 3 rings (SSSR count). The van der Waals surface area contributed by atoms with E-state index in [1.807, 2.05) is 56.3 Å². The molecular weight excluding hydrogens is 376 g/mol. The Bertz CT molecular complexity index is 897. The van der Waals surface area contributed by atoms with E-state index in [1.54, 1.807) is 6.07 Å². The number of nitrogens with zero attached hydrogens (tertiary/aromatic N) is 1. The normalized spacial score (nSPS) is 13.2. The highest BCUT2D eigenvalue weighted by Gasteiger charge is 2.27. The number of amides is 2. The molecular formula is C21H22N2O4S. The minimum Gasteiger partial charge on any atom is -0.454 e. The van der Waals surface area contributed by atoms with Gasteiger partial charge in [-0.1, -0.05) is 44.2 Å². The van der Waals surface area contributed by atoms with Crippen molar-refractivity contribution in [3.8, 4) is 0 Å². The smallest absolute Gasteiger partial charge is 0.326 e. The van der Waals surface area contributed by atoms with Crippen molar-refractivity contribution in [2.75, 3.05) is 29.1 Å². The molecule has 0 saturated carbocycles. The van der Waals surface area contributed by atoms with Crippen LogP contribution >= 0.6 is 11.8 Å². The summed E-state index contributed by atoms with van der Waals surface area (Å²) in [5.41, 5.74) is 2.40. The molecule has 0 saturated heterocycles. The second-order valence-electron chi connectivity index (χ2n) is 6.69. The Morgan fingerprint density at radius 3 is 2.64 bits per heavy atom. The molecule has 2 amide bonds. The van der Waals surface area contributed by atoms with Gasteiger partial charge in [-0.2, -0.15) is 0 Å². The number of para-hydroxylation sites is 2. The zero-order valence-corrected chi connectivity index (χ0v) is 16.6. The number of hydrogen-bond donors (Lipinski definition) is 1. The third-order valence-corrected chi connectivity index (χ3v) is 5.36. The summed E-state index contributed by atoms with van der Waals surface area (Å²) in [6, 6.07) is 14.9. The molecule has 1 aliphatic rings.